The third-order valence-electron chi connectivity index (χ3n) is 2.81. The van der Waals surface area contributed by atoms with Gasteiger partial charge in [0.15, 0.2) is 11.6 Å². The third-order valence-corrected chi connectivity index (χ3v) is 2.81. The molecule has 0 unspecified atom stereocenters. The van der Waals surface area contributed by atoms with Crippen LogP contribution in [-0.2, 0) is 6.54 Å². The van der Waals surface area contributed by atoms with E-state index in [1.165, 1.54) is 12.1 Å². The van der Waals surface area contributed by atoms with E-state index in [9.17, 15) is 9.50 Å². The molecule has 0 bridgehead atoms. The van der Waals surface area contributed by atoms with Gasteiger partial charge in [-0.25, -0.2) is 4.39 Å². The summed E-state index contributed by atoms with van der Waals surface area (Å²) in [4.78, 5) is 2.22. The van der Waals surface area contributed by atoms with E-state index in [-0.39, 0.29) is 5.75 Å². The van der Waals surface area contributed by atoms with Crippen molar-refractivity contribution < 1.29 is 9.50 Å². The average Bonchev–Trinajstić information content (AvgIpc) is 2.27. The molecule has 0 aromatic heterocycles. The summed E-state index contributed by atoms with van der Waals surface area (Å²) in [5.41, 5.74) is 6.89. The van der Waals surface area contributed by atoms with Gasteiger partial charge in [0.1, 0.15) is 0 Å². The fourth-order valence-electron chi connectivity index (χ4n) is 1.87. The number of phenolic OH excluding ortho intramolecular Hbond substituents is 1. The lowest BCUT2D eigenvalue weighted by Crippen LogP contribution is -2.42. The molecule has 1 aromatic rings. The van der Waals surface area contributed by atoms with E-state index in [1.807, 2.05) is 0 Å². The van der Waals surface area contributed by atoms with Crippen molar-refractivity contribution >= 4 is 5.69 Å². The molecule has 1 heterocycles. The lowest BCUT2D eigenvalue weighted by molar-refractivity contribution is 0.233. The van der Waals surface area contributed by atoms with E-state index in [0.29, 0.717) is 12.2 Å². The molecule has 4 N–H and O–H groups in total. The fraction of sp³-hybridized carbons (Fsp3) is 0.455. The van der Waals surface area contributed by atoms with E-state index in [4.69, 9.17) is 5.73 Å². The number of nitrogen functional groups attached to an aromatic ring is 1. The normalized spacial score (nSPS) is 17.6. The molecule has 4 nitrogen and oxygen atoms in total. The maximum Gasteiger partial charge on any atom is 0.166 e. The van der Waals surface area contributed by atoms with E-state index in [2.05, 4.69) is 10.2 Å². The highest BCUT2D eigenvalue weighted by molar-refractivity contribution is 5.50. The van der Waals surface area contributed by atoms with Crippen molar-refractivity contribution in [3.8, 4) is 5.75 Å². The average molecular weight is 225 g/mol. The predicted molar refractivity (Wildman–Crippen MR) is 60.6 cm³/mol. The Labute approximate surface area is 93.9 Å². The maximum atomic E-state index is 13.0. The van der Waals surface area contributed by atoms with Crippen LogP contribution in [0.3, 0.4) is 0 Å². The zero-order chi connectivity index (χ0) is 11.5. The number of halogens is 1. The third kappa shape index (κ3) is 2.43. The molecule has 1 aliphatic rings. The number of piperazine rings is 1. The molecule has 0 spiro atoms. The van der Waals surface area contributed by atoms with Crippen molar-refractivity contribution in [1.82, 2.24) is 10.2 Å². The van der Waals surface area contributed by atoms with Gasteiger partial charge in [-0.1, -0.05) is 0 Å². The highest BCUT2D eigenvalue weighted by Crippen LogP contribution is 2.24. The predicted octanol–water partition coefficient (Wildman–Crippen LogP) is 0.519. The topological polar surface area (TPSA) is 61.5 Å². The molecule has 0 aliphatic carbocycles. The summed E-state index contributed by atoms with van der Waals surface area (Å²) in [5, 5.41) is 12.5. The molecule has 1 aromatic carbocycles. The van der Waals surface area contributed by atoms with Crippen LogP contribution in [-0.4, -0.2) is 36.2 Å². The van der Waals surface area contributed by atoms with Crippen LogP contribution in [0.4, 0.5) is 10.1 Å². The van der Waals surface area contributed by atoms with E-state index >= 15 is 0 Å². The molecule has 0 saturated carbocycles. The van der Waals surface area contributed by atoms with Gasteiger partial charge >= 0.3 is 0 Å². The Kier molecular flexibility index (Phi) is 3.26. The summed E-state index contributed by atoms with van der Waals surface area (Å²) >= 11 is 0. The molecule has 0 radical (unpaired) electrons. The second-order valence-corrected chi connectivity index (χ2v) is 4.03. The van der Waals surface area contributed by atoms with Crippen molar-refractivity contribution in [3.63, 3.8) is 0 Å². The second kappa shape index (κ2) is 4.67. The SMILES string of the molecule is Nc1cc(F)c(O)cc1CN1CCNCC1. The first-order valence-electron chi connectivity index (χ1n) is 5.37. The van der Waals surface area contributed by atoms with Gasteiger partial charge in [0, 0.05) is 44.5 Å². The summed E-state index contributed by atoms with van der Waals surface area (Å²) < 4.78 is 13.0. The quantitative estimate of drug-likeness (QED) is 0.507. The number of rotatable bonds is 2. The molecular weight excluding hydrogens is 209 g/mol. The molecule has 1 fully saturated rings. The number of nitrogens with two attached hydrogens (primary N) is 1. The van der Waals surface area contributed by atoms with Crippen molar-refractivity contribution in [1.29, 1.82) is 0 Å². The van der Waals surface area contributed by atoms with Crippen LogP contribution in [0.2, 0.25) is 0 Å². The van der Waals surface area contributed by atoms with Gasteiger partial charge in [0.2, 0.25) is 0 Å². The Morgan fingerprint density at radius 3 is 2.75 bits per heavy atom. The molecule has 5 heteroatoms. The molecular formula is C11H16FN3O. The number of anilines is 1. The number of hydrogen-bond donors (Lipinski definition) is 3. The summed E-state index contributed by atoms with van der Waals surface area (Å²) in [6, 6.07) is 2.58. The second-order valence-electron chi connectivity index (χ2n) is 4.03. The van der Waals surface area contributed by atoms with Gasteiger partial charge in [-0.05, 0) is 11.6 Å². The van der Waals surface area contributed by atoms with Crippen LogP contribution in [0.5, 0.6) is 5.75 Å². The Bertz CT molecular complexity index is 378. The van der Waals surface area contributed by atoms with Gasteiger partial charge in [0.05, 0.1) is 0 Å². The summed E-state index contributed by atoms with van der Waals surface area (Å²) in [6.45, 7) is 4.44. The Morgan fingerprint density at radius 2 is 2.06 bits per heavy atom. The minimum Gasteiger partial charge on any atom is -0.505 e. The number of nitrogens with one attached hydrogen (secondary N) is 1. The van der Waals surface area contributed by atoms with Crippen LogP contribution in [0.25, 0.3) is 0 Å². The van der Waals surface area contributed by atoms with Gasteiger partial charge in [-0.2, -0.15) is 0 Å². The lowest BCUT2D eigenvalue weighted by atomic mass is 10.1. The molecule has 88 valence electrons. The zero-order valence-electron chi connectivity index (χ0n) is 9.04. The lowest BCUT2D eigenvalue weighted by Gasteiger charge is -2.27. The van der Waals surface area contributed by atoms with Crippen LogP contribution < -0.4 is 11.1 Å². The monoisotopic (exact) mass is 225 g/mol. The number of hydrogen-bond acceptors (Lipinski definition) is 4. The smallest absolute Gasteiger partial charge is 0.166 e. The molecule has 0 amide bonds. The summed E-state index contributed by atoms with van der Waals surface area (Å²) in [5.74, 6) is -0.999. The minimum atomic E-state index is -0.665. The number of nitrogens with zero attached hydrogens (tertiary/aromatic N) is 1. The maximum absolute atomic E-state index is 13.0. The Hall–Kier alpha value is -1.33. The molecule has 1 aliphatic heterocycles. The van der Waals surface area contributed by atoms with E-state index in [0.717, 1.165) is 31.7 Å². The number of phenols is 1. The van der Waals surface area contributed by atoms with Crippen molar-refractivity contribution in [2.24, 2.45) is 0 Å². The van der Waals surface area contributed by atoms with Crippen molar-refractivity contribution in [3.05, 3.63) is 23.5 Å². The summed E-state index contributed by atoms with van der Waals surface area (Å²) in [6.07, 6.45) is 0. The summed E-state index contributed by atoms with van der Waals surface area (Å²) in [7, 11) is 0. The van der Waals surface area contributed by atoms with Gasteiger partial charge in [0.25, 0.3) is 0 Å². The van der Waals surface area contributed by atoms with Crippen LogP contribution in [0.1, 0.15) is 5.56 Å². The van der Waals surface area contributed by atoms with Crippen LogP contribution >= 0.6 is 0 Å². The van der Waals surface area contributed by atoms with Crippen molar-refractivity contribution in [2.45, 2.75) is 6.54 Å². The van der Waals surface area contributed by atoms with E-state index < -0.39 is 5.82 Å². The van der Waals surface area contributed by atoms with Gasteiger partial charge < -0.3 is 16.2 Å². The molecule has 0 atom stereocenters. The first kappa shape index (κ1) is 11.2. The first-order chi connectivity index (χ1) is 7.66. The number of aromatic hydroxyl groups is 1. The van der Waals surface area contributed by atoms with Gasteiger partial charge in [-0.15, -0.1) is 0 Å². The number of benzene rings is 1. The highest BCUT2D eigenvalue weighted by Gasteiger charge is 2.13. The standard InChI is InChI=1S/C11H16FN3O/c12-9-6-10(13)8(5-11(9)16)7-15-3-1-14-2-4-15/h5-6,14,16H,1-4,7,13H2. The fourth-order valence-corrected chi connectivity index (χ4v) is 1.87. The Balaban J connectivity index is 2.11. The molecule has 16 heavy (non-hydrogen) atoms. The minimum absolute atomic E-state index is 0.334. The van der Waals surface area contributed by atoms with Crippen molar-refractivity contribution in [2.75, 3.05) is 31.9 Å². The van der Waals surface area contributed by atoms with Crippen LogP contribution in [0, 0.1) is 5.82 Å². The largest absolute Gasteiger partial charge is 0.505 e. The zero-order valence-corrected chi connectivity index (χ0v) is 9.04. The highest BCUT2D eigenvalue weighted by atomic mass is 19.1. The van der Waals surface area contributed by atoms with Gasteiger partial charge in [-0.3, -0.25) is 4.90 Å². The molecule has 2 rings (SSSR count). The van der Waals surface area contributed by atoms with E-state index in [1.54, 1.807) is 0 Å². The first-order valence-corrected chi connectivity index (χ1v) is 5.37. The Morgan fingerprint density at radius 1 is 1.38 bits per heavy atom. The van der Waals surface area contributed by atoms with Crippen LogP contribution in [0.15, 0.2) is 12.1 Å². The molecule has 1 saturated heterocycles.